The number of hydrogen-bond acceptors (Lipinski definition) is 2. The molecule has 1 rings (SSSR count). The lowest BCUT2D eigenvalue weighted by molar-refractivity contribution is 0.407. The number of rotatable bonds is 1. The summed E-state index contributed by atoms with van der Waals surface area (Å²) in [5.41, 5.74) is 0.00248. The molecular formula is C8H5BrFNO. The molecule has 0 atom stereocenters. The molecule has 1 aromatic carbocycles. The number of methoxy groups -OCH3 is 1. The van der Waals surface area contributed by atoms with Gasteiger partial charge in [-0.1, -0.05) is 0 Å². The van der Waals surface area contributed by atoms with Crippen LogP contribution in [0.5, 0.6) is 5.75 Å². The van der Waals surface area contributed by atoms with Crippen LogP contribution >= 0.6 is 15.9 Å². The van der Waals surface area contributed by atoms with Gasteiger partial charge < -0.3 is 4.74 Å². The average Bonchev–Trinajstić information content (AvgIpc) is 2.10. The molecule has 4 heteroatoms. The van der Waals surface area contributed by atoms with Crippen LogP contribution in [0.1, 0.15) is 5.56 Å². The highest BCUT2D eigenvalue weighted by atomic mass is 79.9. The summed E-state index contributed by atoms with van der Waals surface area (Å²) in [4.78, 5) is 0. The molecule has 0 fully saturated rings. The first-order valence-corrected chi connectivity index (χ1v) is 3.92. The molecule has 2 nitrogen and oxygen atoms in total. The molecule has 0 amide bonds. The Hall–Kier alpha value is -1.08. The minimum Gasteiger partial charge on any atom is -0.495 e. The Morgan fingerprint density at radius 3 is 2.75 bits per heavy atom. The molecule has 0 aliphatic rings. The van der Waals surface area contributed by atoms with Crippen LogP contribution in [0, 0.1) is 17.1 Å². The molecule has 0 bridgehead atoms. The van der Waals surface area contributed by atoms with Crippen molar-refractivity contribution >= 4 is 15.9 Å². The maximum atomic E-state index is 13.1. The van der Waals surface area contributed by atoms with Crippen molar-refractivity contribution in [3.05, 3.63) is 28.0 Å². The highest BCUT2D eigenvalue weighted by molar-refractivity contribution is 9.10. The topological polar surface area (TPSA) is 33.0 Å². The van der Waals surface area contributed by atoms with Crippen molar-refractivity contribution in [1.82, 2.24) is 0 Å². The molecule has 0 saturated carbocycles. The smallest absolute Gasteiger partial charge is 0.158 e. The van der Waals surface area contributed by atoms with E-state index in [4.69, 9.17) is 10.00 Å². The Morgan fingerprint density at radius 2 is 2.25 bits per heavy atom. The van der Waals surface area contributed by atoms with Crippen molar-refractivity contribution < 1.29 is 9.13 Å². The zero-order chi connectivity index (χ0) is 9.14. The van der Waals surface area contributed by atoms with Gasteiger partial charge in [0.15, 0.2) is 5.82 Å². The number of ether oxygens (including phenoxy) is 1. The van der Waals surface area contributed by atoms with Gasteiger partial charge in [0.25, 0.3) is 0 Å². The minimum atomic E-state index is -0.586. The largest absolute Gasteiger partial charge is 0.495 e. The normalized spacial score (nSPS) is 9.17. The summed E-state index contributed by atoms with van der Waals surface area (Å²) >= 11 is 2.98. The lowest BCUT2D eigenvalue weighted by atomic mass is 10.2. The number of hydrogen-bond donors (Lipinski definition) is 0. The zero-order valence-corrected chi connectivity index (χ0v) is 7.85. The first kappa shape index (κ1) is 9.01. The number of benzene rings is 1. The summed E-state index contributed by atoms with van der Waals surface area (Å²) in [5, 5.41) is 8.45. The van der Waals surface area contributed by atoms with Gasteiger partial charge in [-0.25, -0.2) is 4.39 Å². The molecule has 0 radical (unpaired) electrons. The van der Waals surface area contributed by atoms with Gasteiger partial charge >= 0.3 is 0 Å². The third-order valence-corrected chi connectivity index (χ3v) is 2.13. The molecule has 0 spiro atoms. The Morgan fingerprint density at radius 1 is 1.58 bits per heavy atom. The van der Waals surface area contributed by atoms with Crippen LogP contribution in [-0.2, 0) is 0 Å². The summed E-state index contributed by atoms with van der Waals surface area (Å²) in [6.45, 7) is 0. The quantitative estimate of drug-likeness (QED) is 0.742. The van der Waals surface area contributed by atoms with Crippen molar-refractivity contribution in [2.45, 2.75) is 0 Å². The molecule has 0 aromatic heterocycles. The van der Waals surface area contributed by atoms with Gasteiger partial charge in [-0.2, -0.15) is 5.26 Å². The van der Waals surface area contributed by atoms with Gasteiger partial charge in [-0.15, -0.1) is 0 Å². The lowest BCUT2D eigenvalue weighted by Gasteiger charge is -2.03. The van der Waals surface area contributed by atoms with E-state index in [1.807, 2.05) is 0 Å². The van der Waals surface area contributed by atoms with Gasteiger partial charge in [0.05, 0.1) is 17.1 Å². The first-order valence-electron chi connectivity index (χ1n) is 3.12. The molecule has 62 valence electrons. The first-order chi connectivity index (χ1) is 5.70. The van der Waals surface area contributed by atoms with Crippen LogP contribution in [0.4, 0.5) is 4.39 Å². The predicted molar refractivity (Wildman–Crippen MR) is 45.4 cm³/mol. The molecular weight excluding hydrogens is 225 g/mol. The molecule has 1 aromatic rings. The monoisotopic (exact) mass is 229 g/mol. The second kappa shape index (κ2) is 3.55. The predicted octanol–water partition coefficient (Wildman–Crippen LogP) is 2.47. The molecule has 12 heavy (non-hydrogen) atoms. The van der Waals surface area contributed by atoms with E-state index in [-0.39, 0.29) is 10.0 Å². The van der Waals surface area contributed by atoms with E-state index in [1.165, 1.54) is 19.2 Å². The van der Waals surface area contributed by atoms with E-state index in [9.17, 15) is 4.39 Å². The molecule has 0 N–H and O–H groups in total. The standard InChI is InChI=1S/C8H5BrFNO/c1-12-6-3-2-5(4-11)8(10)7(6)9/h2-3H,1H3. The van der Waals surface area contributed by atoms with Crippen LogP contribution in [0.15, 0.2) is 16.6 Å². The highest BCUT2D eigenvalue weighted by Gasteiger charge is 2.10. The van der Waals surface area contributed by atoms with Crippen molar-refractivity contribution in [2.75, 3.05) is 7.11 Å². The average molecular weight is 230 g/mol. The maximum absolute atomic E-state index is 13.1. The number of nitrogens with zero attached hydrogens (tertiary/aromatic N) is 1. The third kappa shape index (κ3) is 1.41. The molecule has 0 aliphatic heterocycles. The van der Waals surface area contributed by atoms with Crippen molar-refractivity contribution in [1.29, 1.82) is 5.26 Å². The second-order valence-corrected chi connectivity index (χ2v) is 2.85. The van der Waals surface area contributed by atoms with Crippen molar-refractivity contribution in [3.8, 4) is 11.8 Å². The number of halogens is 2. The fourth-order valence-electron chi connectivity index (χ4n) is 0.776. The van der Waals surface area contributed by atoms with E-state index in [0.29, 0.717) is 5.75 Å². The van der Waals surface area contributed by atoms with Crippen LogP contribution < -0.4 is 4.74 Å². The Bertz CT molecular complexity index is 346. The van der Waals surface area contributed by atoms with E-state index in [1.54, 1.807) is 6.07 Å². The molecule has 0 aliphatic carbocycles. The van der Waals surface area contributed by atoms with Crippen LogP contribution in [0.3, 0.4) is 0 Å². The van der Waals surface area contributed by atoms with E-state index >= 15 is 0 Å². The van der Waals surface area contributed by atoms with E-state index in [2.05, 4.69) is 15.9 Å². The fraction of sp³-hybridized carbons (Fsp3) is 0.125. The fourth-order valence-corrected chi connectivity index (χ4v) is 1.28. The number of nitriles is 1. The van der Waals surface area contributed by atoms with Crippen molar-refractivity contribution in [3.63, 3.8) is 0 Å². The van der Waals surface area contributed by atoms with Gasteiger partial charge in [0.2, 0.25) is 0 Å². The van der Waals surface area contributed by atoms with E-state index in [0.717, 1.165) is 0 Å². The Labute approximate surface area is 77.7 Å². The van der Waals surface area contributed by atoms with E-state index < -0.39 is 5.82 Å². The Balaban J connectivity index is 3.32. The minimum absolute atomic E-state index is 0.00248. The molecule has 0 unspecified atom stereocenters. The van der Waals surface area contributed by atoms with Gasteiger partial charge in [0.1, 0.15) is 11.8 Å². The van der Waals surface area contributed by atoms with Gasteiger partial charge in [-0.3, -0.25) is 0 Å². The SMILES string of the molecule is COc1ccc(C#N)c(F)c1Br. The van der Waals surface area contributed by atoms with Crippen LogP contribution in [-0.4, -0.2) is 7.11 Å². The van der Waals surface area contributed by atoms with Crippen LogP contribution in [0.2, 0.25) is 0 Å². The maximum Gasteiger partial charge on any atom is 0.158 e. The zero-order valence-electron chi connectivity index (χ0n) is 6.27. The summed E-state index contributed by atoms with van der Waals surface area (Å²) in [7, 11) is 1.44. The molecule has 0 saturated heterocycles. The summed E-state index contributed by atoms with van der Waals surface area (Å²) < 4.78 is 18.1. The second-order valence-electron chi connectivity index (χ2n) is 2.06. The Kier molecular flexibility index (Phi) is 2.66. The van der Waals surface area contributed by atoms with Crippen molar-refractivity contribution in [2.24, 2.45) is 0 Å². The summed E-state index contributed by atoms with van der Waals surface area (Å²) in [6.07, 6.45) is 0. The third-order valence-electron chi connectivity index (χ3n) is 1.39. The van der Waals surface area contributed by atoms with Gasteiger partial charge in [0, 0.05) is 0 Å². The lowest BCUT2D eigenvalue weighted by Crippen LogP contribution is -1.90. The van der Waals surface area contributed by atoms with Crippen LogP contribution in [0.25, 0.3) is 0 Å². The van der Waals surface area contributed by atoms with Gasteiger partial charge in [-0.05, 0) is 28.1 Å². The summed E-state index contributed by atoms with van der Waals surface area (Å²) in [6, 6.07) is 4.63. The highest BCUT2D eigenvalue weighted by Crippen LogP contribution is 2.29. The molecule has 0 heterocycles. The summed E-state index contributed by atoms with van der Waals surface area (Å²) in [5.74, 6) is -0.205.